The molecule has 126 valence electrons. The molecule has 3 heterocycles. The number of piperidine rings is 1. The smallest absolute Gasteiger partial charge is 0.230 e. The van der Waals surface area contributed by atoms with Crippen molar-refractivity contribution >= 4 is 16.3 Å². The highest BCUT2D eigenvalue weighted by Crippen LogP contribution is 2.41. The van der Waals surface area contributed by atoms with E-state index in [1.54, 1.807) is 19.1 Å². The van der Waals surface area contributed by atoms with Crippen LogP contribution in [0.3, 0.4) is 0 Å². The summed E-state index contributed by atoms with van der Waals surface area (Å²) in [4.78, 5) is 7.93. The van der Waals surface area contributed by atoms with Gasteiger partial charge >= 0.3 is 0 Å². The number of halogens is 1. The van der Waals surface area contributed by atoms with Crippen molar-refractivity contribution in [2.24, 2.45) is 0 Å². The first-order valence-electron chi connectivity index (χ1n) is 8.18. The summed E-state index contributed by atoms with van der Waals surface area (Å²) in [5.74, 6) is 0.431. The predicted molar refractivity (Wildman–Crippen MR) is 90.9 cm³/mol. The first-order valence-corrected chi connectivity index (χ1v) is 9.00. The Hall–Kier alpha value is -1.99. The zero-order chi connectivity index (χ0) is 16.7. The molecule has 1 N–H and O–H groups in total. The fourth-order valence-corrected chi connectivity index (χ4v) is 4.56. The first-order chi connectivity index (χ1) is 11.6. The van der Waals surface area contributed by atoms with Gasteiger partial charge in [-0.05, 0) is 38.9 Å². The fourth-order valence-electron chi connectivity index (χ4n) is 3.40. The van der Waals surface area contributed by atoms with E-state index in [0.717, 1.165) is 25.9 Å². The normalized spacial score (nSPS) is 17.4. The number of likely N-dealkylation sites (tertiary alicyclic amines) is 1. The minimum Gasteiger partial charge on any atom is -0.492 e. The summed E-state index contributed by atoms with van der Waals surface area (Å²) in [5, 5.41) is 14.9. The molecule has 1 fully saturated rings. The van der Waals surface area contributed by atoms with Gasteiger partial charge in [-0.3, -0.25) is 4.90 Å². The molecular weight excluding hydrogens is 327 g/mol. The molecule has 0 aliphatic carbocycles. The summed E-state index contributed by atoms with van der Waals surface area (Å²) >= 11 is 1.38. The molecule has 1 aromatic carbocycles. The van der Waals surface area contributed by atoms with Crippen molar-refractivity contribution in [3.8, 4) is 5.88 Å². The molecule has 0 amide bonds. The van der Waals surface area contributed by atoms with Crippen LogP contribution in [0.25, 0.3) is 4.96 Å². The second-order valence-corrected chi connectivity index (χ2v) is 7.17. The largest absolute Gasteiger partial charge is 0.492 e. The van der Waals surface area contributed by atoms with Gasteiger partial charge in [-0.1, -0.05) is 36.0 Å². The van der Waals surface area contributed by atoms with Crippen LogP contribution in [0.1, 0.15) is 41.6 Å². The lowest BCUT2D eigenvalue weighted by Crippen LogP contribution is -2.34. The monoisotopic (exact) mass is 346 g/mol. The highest BCUT2D eigenvalue weighted by molar-refractivity contribution is 7.17. The Morgan fingerprint density at radius 3 is 2.67 bits per heavy atom. The molecule has 4 rings (SSSR count). The van der Waals surface area contributed by atoms with Crippen molar-refractivity contribution in [1.29, 1.82) is 0 Å². The Balaban J connectivity index is 1.86. The average molecular weight is 346 g/mol. The summed E-state index contributed by atoms with van der Waals surface area (Å²) in [7, 11) is 0. The minimum atomic E-state index is -0.305. The number of benzene rings is 1. The number of nitrogens with zero attached hydrogens (tertiary/aromatic N) is 4. The summed E-state index contributed by atoms with van der Waals surface area (Å²) in [6, 6.07) is 6.51. The molecule has 7 heteroatoms. The number of rotatable bonds is 3. The molecule has 0 unspecified atom stereocenters. The zero-order valence-electron chi connectivity index (χ0n) is 13.4. The standard InChI is InChI=1S/C17H19FN4OS/c1-11-19-17-22(20-11)16(23)15(24-17)14(21-9-5-2-6-10-21)12-7-3-4-8-13(12)18/h3-4,7-8,14,23H,2,5-6,9-10H2,1H3/t14-/m1/s1. The molecule has 1 atom stereocenters. The Morgan fingerprint density at radius 2 is 1.96 bits per heavy atom. The molecule has 1 aliphatic rings. The van der Waals surface area contributed by atoms with Crippen molar-refractivity contribution in [2.75, 3.05) is 13.1 Å². The van der Waals surface area contributed by atoms with E-state index in [4.69, 9.17) is 0 Å². The van der Waals surface area contributed by atoms with Crippen molar-refractivity contribution in [3.05, 3.63) is 46.3 Å². The van der Waals surface area contributed by atoms with E-state index in [1.807, 2.05) is 6.07 Å². The maximum Gasteiger partial charge on any atom is 0.230 e. The van der Waals surface area contributed by atoms with Gasteiger partial charge in [0.1, 0.15) is 11.6 Å². The number of thiazole rings is 1. The maximum absolute atomic E-state index is 14.5. The summed E-state index contributed by atoms with van der Waals surface area (Å²) in [5.41, 5.74) is 0.593. The van der Waals surface area contributed by atoms with Gasteiger partial charge in [0, 0.05) is 5.56 Å². The Bertz CT molecular complexity index is 869. The first kappa shape index (κ1) is 15.5. The molecular formula is C17H19FN4OS. The fraction of sp³-hybridized carbons (Fsp3) is 0.412. The van der Waals surface area contributed by atoms with E-state index in [-0.39, 0.29) is 17.7 Å². The maximum atomic E-state index is 14.5. The predicted octanol–water partition coefficient (Wildman–Crippen LogP) is 3.52. The minimum absolute atomic E-state index is 0.0643. The van der Waals surface area contributed by atoms with Gasteiger partial charge in [-0.25, -0.2) is 9.37 Å². The Labute approximate surface area is 143 Å². The van der Waals surface area contributed by atoms with Crippen LogP contribution in [-0.2, 0) is 0 Å². The van der Waals surface area contributed by atoms with Gasteiger partial charge in [0.25, 0.3) is 0 Å². The molecule has 2 aromatic heterocycles. The van der Waals surface area contributed by atoms with Crippen LogP contribution in [0.5, 0.6) is 5.88 Å². The lowest BCUT2D eigenvalue weighted by Gasteiger charge is -2.34. The van der Waals surface area contributed by atoms with Gasteiger partial charge < -0.3 is 5.11 Å². The quantitative estimate of drug-likeness (QED) is 0.788. The van der Waals surface area contributed by atoms with Crippen molar-refractivity contribution < 1.29 is 9.50 Å². The van der Waals surface area contributed by atoms with E-state index in [9.17, 15) is 9.50 Å². The third kappa shape index (κ3) is 2.57. The van der Waals surface area contributed by atoms with Crippen LogP contribution < -0.4 is 0 Å². The van der Waals surface area contributed by atoms with Gasteiger partial charge in [0.15, 0.2) is 0 Å². The molecule has 1 aliphatic heterocycles. The van der Waals surface area contributed by atoms with E-state index in [0.29, 0.717) is 21.2 Å². The van der Waals surface area contributed by atoms with Crippen molar-refractivity contribution in [1.82, 2.24) is 19.5 Å². The van der Waals surface area contributed by atoms with Crippen LogP contribution in [0.15, 0.2) is 24.3 Å². The summed E-state index contributed by atoms with van der Waals surface area (Å²) in [6.45, 7) is 3.58. The SMILES string of the molecule is Cc1nc2sc([C@@H](c3ccccc3F)N3CCCCC3)c(O)n2n1. The van der Waals surface area contributed by atoms with Crippen LogP contribution >= 0.6 is 11.3 Å². The molecule has 0 bridgehead atoms. The number of aryl methyl sites for hydroxylation is 1. The third-order valence-corrected chi connectivity index (χ3v) is 5.58. The topological polar surface area (TPSA) is 53.7 Å². The average Bonchev–Trinajstić information content (AvgIpc) is 3.09. The second kappa shape index (κ2) is 6.14. The van der Waals surface area contributed by atoms with E-state index in [2.05, 4.69) is 15.0 Å². The van der Waals surface area contributed by atoms with Gasteiger partial charge in [0.2, 0.25) is 10.8 Å². The van der Waals surface area contributed by atoms with Gasteiger partial charge in [-0.15, -0.1) is 5.10 Å². The molecule has 5 nitrogen and oxygen atoms in total. The van der Waals surface area contributed by atoms with E-state index in [1.165, 1.54) is 28.3 Å². The molecule has 0 radical (unpaired) electrons. The number of fused-ring (bicyclic) bond motifs is 1. The molecule has 3 aromatic rings. The molecule has 0 saturated carbocycles. The molecule has 0 spiro atoms. The van der Waals surface area contributed by atoms with Crippen molar-refractivity contribution in [3.63, 3.8) is 0 Å². The van der Waals surface area contributed by atoms with Crippen LogP contribution in [-0.4, -0.2) is 37.7 Å². The number of hydrogen-bond donors (Lipinski definition) is 1. The highest BCUT2D eigenvalue weighted by Gasteiger charge is 2.31. The Morgan fingerprint density at radius 1 is 1.21 bits per heavy atom. The van der Waals surface area contributed by atoms with Crippen LogP contribution in [0, 0.1) is 12.7 Å². The van der Waals surface area contributed by atoms with Gasteiger partial charge in [-0.2, -0.15) is 4.52 Å². The third-order valence-electron chi connectivity index (χ3n) is 4.51. The highest BCUT2D eigenvalue weighted by atomic mass is 32.1. The lowest BCUT2D eigenvalue weighted by atomic mass is 10.00. The second-order valence-electron chi connectivity index (χ2n) is 6.16. The lowest BCUT2D eigenvalue weighted by molar-refractivity contribution is 0.184. The van der Waals surface area contributed by atoms with Crippen LogP contribution in [0.2, 0.25) is 0 Å². The van der Waals surface area contributed by atoms with E-state index >= 15 is 0 Å². The van der Waals surface area contributed by atoms with Crippen LogP contribution in [0.4, 0.5) is 4.39 Å². The van der Waals surface area contributed by atoms with E-state index < -0.39 is 0 Å². The zero-order valence-corrected chi connectivity index (χ0v) is 14.3. The molecule has 24 heavy (non-hydrogen) atoms. The van der Waals surface area contributed by atoms with Gasteiger partial charge in [0.05, 0.1) is 10.9 Å². The number of aromatic hydroxyl groups is 1. The summed E-state index contributed by atoms with van der Waals surface area (Å²) < 4.78 is 16.0. The van der Waals surface area contributed by atoms with Crippen molar-refractivity contribution in [2.45, 2.75) is 32.2 Å². The number of hydrogen-bond acceptors (Lipinski definition) is 5. The number of aromatic nitrogens is 3. The summed E-state index contributed by atoms with van der Waals surface area (Å²) in [6.07, 6.45) is 3.37. The Kier molecular flexibility index (Phi) is 3.97. The molecule has 1 saturated heterocycles.